The molecular formula is C16H10BrN3S. The summed E-state index contributed by atoms with van der Waals surface area (Å²) in [6, 6.07) is 12.2. The fraction of sp³-hybridized carbons (Fsp3) is 0.125. The summed E-state index contributed by atoms with van der Waals surface area (Å²) in [7, 11) is 0. The van der Waals surface area contributed by atoms with E-state index in [4.69, 9.17) is 5.73 Å². The molecule has 0 aromatic heterocycles. The van der Waals surface area contributed by atoms with E-state index in [1.165, 1.54) is 0 Å². The van der Waals surface area contributed by atoms with E-state index in [9.17, 15) is 10.5 Å². The number of nitrogens with zero attached hydrogens (tertiary/aromatic N) is 2. The third-order valence-corrected chi connectivity index (χ3v) is 5.22. The minimum atomic E-state index is 0.305. The Balaban J connectivity index is 2.38. The van der Waals surface area contributed by atoms with Crippen molar-refractivity contribution < 1.29 is 0 Å². The zero-order chi connectivity index (χ0) is 15.0. The average molecular weight is 356 g/mol. The topological polar surface area (TPSA) is 73.6 Å². The van der Waals surface area contributed by atoms with E-state index in [-0.39, 0.29) is 0 Å². The Morgan fingerprint density at radius 3 is 2.38 bits per heavy atom. The predicted molar refractivity (Wildman–Crippen MR) is 87.8 cm³/mol. The van der Waals surface area contributed by atoms with Crippen LogP contribution in [0.25, 0.3) is 11.1 Å². The normalized spacial score (nSPS) is 12.5. The second kappa shape index (κ2) is 5.44. The van der Waals surface area contributed by atoms with Crippen LogP contribution in [-0.2, 0) is 6.42 Å². The second-order valence-electron chi connectivity index (χ2n) is 4.68. The number of benzene rings is 2. The molecule has 102 valence electrons. The van der Waals surface area contributed by atoms with Crippen LogP contribution in [0.1, 0.15) is 16.7 Å². The van der Waals surface area contributed by atoms with Gasteiger partial charge in [0.15, 0.2) is 0 Å². The number of nitrogen functional groups attached to an aromatic ring is 1. The summed E-state index contributed by atoms with van der Waals surface area (Å²) in [5.41, 5.74) is 10.1. The van der Waals surface area contributed by atoms with E-state index in [1.54, 1.807) is 11.8 Å². The number of nitriles is 2. The van der Waals surface area contributed by atoms with E-state index in [0.717, 1.165) is 38.2 Å². The molecule has 0 spiro atoms. The van der Waals surface area contributed by atoms with Crippen LogP contribution < -0.4 is 5.73 Å². The monoisotopic (exact) mass is 355 g/mol. The van der Waals surface area contributed by atoms with Crippen LogP contribution in [0, 0.1) is 22.7 Å². The molecular weight excluding hydrogens is 346 g/mol. The molecule has 2 aromatic carbocycles. The van der Waals surface area contributed by atoms with Gasteiger partial charge >= 0.3 is 0 Å². The molecule has 0 aliphatic carbocycles. The zero-order valence-corrected chi connectivity index (χ0v) is 13.4. The van der Waals surface area contributed by atoms with Gasteiger partial charge in [0.2, 0.25) is 0 Å². The number of thioether (sulfide) groups is 1. The third kappa shape index (κ3) is 2.19. The number of fused-ring (bicyclic) bond motifs is 1. The first-order valence-electron chi connectivity index (χ1n) is 6.34. The van der Waals surface area contributed by atoms with Gasteiger partial charge in [-0.25, -0.2) is 0 Å². The van der Waals surface area contributed by atoms with Crippen molar-refractivity contribution in [1.29, 1.82) is 10.5 Å². The molecule has 0 amide bonds. The lowest BCUT2D eigenvalue weighted by Crippen LogP contribution is -2.03. The summed E-state index contributed by atoms with van der Waals surface area (Å²) >= 11 is 5.11. The Bertz CT molecular complexity index is 810. The molecule has 0 bridgehead atoms. The van der Waals surface area contributed by atoms with Crippen molar-refractivity contribution in [1.82, 2.24) is 0 Å². The predicted octanol–water partition coefficient (Wildman–Crippen LogP) is 4.09. The Labute approximate surface area is 135 Å². The van der Waals surface area contributed by atoms with E-state index in [1.807, 2.05) is 24.3 Å². The number of anilines is 1. The fourth-order valence-electron chi connectivity index (χ4n) is 2.59. The largest absolute Gasteiger partial charge is 0.397 e. The van der Waals surface area contributed by atoms with Crippen LogP contribution in [-0.4, -0.2) is 5.75 Å². The first kappa shape index (κ1) is 14.0. The van der Waals surface area contributed by atoms with Crippen molar-refractivity contribution in [2.24, 2.45) is 0 Å². The lowest BCUT2D eigenvalue weighted by Gasteiger charge is -2.15. The van der Waals surface area contributed by atoms with E-state index in [2.05, 4.69) is 28.1 Å². The summed E-state index contributed by atoms with van der Waals surface area (Å²) in [5.74, 6) is 0.919. The summed E-state index contributed by atoms with van der Waals surface area (Å²) in [4.78, 5) is 1.03. The fourth-order valence-corrected chi connectivity index (χ4v) is 4.11. The molecule has 0 unspecified atom stereocenters. The highest BCUT2D eigenvalue weighted by Crippen LogP contribution is 2.46. The molecule has 2 N–H and O–H groups in total. The third-order valence-electron chi connectivity index (χ3n) is 3.55. The first-order chi connectivity index (χ1) is 10.2. The van der Waals surface area contributed by atoms with Gasteiger partial charge in [0, 0.05) is 20.7 Å². The maximum Gasteiger partial charge on any atom is 0.102 e. The lowest BCUT2D eigenvalue weighted by molar-refractivity contribution is 1.13. The first-order valence-corrected chi connectivity index (χ1v) is 8.12. The van der Waals surface area contributed by atoms with Crippen LogP contribution >= 0.6 is 27.7 Å². The van der Waals surface area contributed by atoms with Crippen molar-refractivity contribution in [2.45, 2.75) is 11.3 Å². The van der Waals surface area contributed by atoms with Gasteiger partial charge in [-0.2, -0.15) is 10.5 Å². The molecule has 3 rings (SSSR count). The Morgan fingerprint density at radius 2 is 1.76 bits per heavy atom. The molecule has 2 aromatic rings. The van der Waals surface area contributed by atoms with E-state index < -0.39 is 0 Å². The van der Waals surface area contributed by atoms with Gasteiger partial charge in [-0.3, -0.25) is 0 Å². The molecule has 1 aliphatic heterocycles. The molecule has 5 heteroatoms. The number of rotatable bonds is 1. The zero-order valence-electron chi connectivity index (χ0n) is 11.0. The highest BCUT2D eigenvalue weighted by molar-refractivity contribution is 9.10. The van der Waals surface area contributed by atoms with Gasteiger partial charge in [0.05, 0.1) is 16.8 Å². The molecule has 3 nitrogen and oxygen atoms in total. The van der Waals surface area contributed by atoms with Gasteiger partial charge < -0.3 is 5.73 Å². The minimum absolute atomic E-state index is 0.305. The highest BCUT2D eigenvalue weighted by Gasteiger charge is 2.26. The summed E-state index contributed by atoms with van der Waals surface area (Å²) in [6.07, 6.45) is 0.822. The standard InChI is InChI=1S/C16H10BrN3S/c17-10-3-1-9(2-4-10)14-13(8-19)15(20)12(7-18)11-5-6-21-16(11)14/h1-4H,5-6,20H2. The Hall–Kier alpha value is -1.95. The maximum atomic E-state index is 9.51. The quantitative estimate of drug-likeness (QED) is 0.781. The summed E-state index contributed by atoms with van der Waals surface area (Å²) in [5, 5.41) is 18.9. The van der Waals surface area contributed by atoms with Crippen molar-refractivity contribution >= 4 is 33.4 Å². The average Bonchev–Trinajstić information content (AvgIpc) is 2.96. The molecule has 0 atom stereocenters. The highest BCUT2D eigenvalue weighted by atomic mass is 79.9. The molecule has 21 heavy (non-hydrogen) atoms. The second-order valence-corrected chi connectivity index (χ2v) is 6.70. The van der Waals surface area contributed by atoms with Crippen molar-refractivity contribution in [2.75, 3.05) is 11.5 Å². The summed E-state index contributed by atoms with van der Waals surface area (Å²) < 4.78 is 0.982. The molecule has 0 radical (unpaired) electrons. The van der Waals surface area contributed by atoms with Crippen molar-refractivity contribution in [3.63, 3.8) is 0 Å². The number of hydrogen-bond acceptors (Lipinski definition) is 4. The van der Waals surface area contributed by atoms with Gasteiger partial charge in [-0.15, -0.1) is 11.8 Å². The molecule has 0 saturated carbocycles. The van der Waals surface area contributed by atoms with E-state index in [0.29, 0.717) is 16.8 Å². The molecule has 0 saturated heterocycles. The van der Waals surface area contributed by atoms with Crippen molar-refractivity contribution in [3.05, 3.63) is 45.4 Å². The number of nitrogens with two attached hydrogens (primary N) is 1. The van der Waals surface area contributed by atoms with Crippen molar-refractivity contribution in [3.8, 4) is 23.3 Å². The molecule has 1 heterocycles. The molecule has 1 aliphatic rings. The molecule has 0 fully saturated rings. The van der Waals surface area contributed by atoms with Crippen LogP contribution in [0.2, 0.25) is 0 Å². The van der Waals surface area contributed by atoms with Crippen LogP contribution in [0.4, 0.5) is 5.69 Å². The number of halogens is 1. The lowest BCUT2D eigenvalue weighted by atomic mass is 9.91. The van der Waals surface area contributed by atoms with Crippen LogP contribution in [0.5, 0.6) is 0 Å². The number of hydrogen-bond donors (Lipinski definition) is 1. The Kier molecular flexibility index (Phi) is 3.63. The van der Waals surface area contributed by atoms with Crippen LogP contribution in [0.3, 0.4) is 0 Å². The minimum Gasteiger partial charge on any atom is -0.397 e. The van der Waals surface area contributed by atoms with Gasteiger partial charge in [-0.05, 0) is 29.7 Å². The van der Waals surface area contributed by atoms with Gasteiger partial charge in [-0.1, -0.05) is 28.1 Å². The maximum absolute atomic E-state index is 9.51. The smallest absolute Gasteiger partial charge is 0.102 e. The van der Waals surface area contributed by atoms with Gasteiger partial charge in [0.25, 0.3) is 0 Å². The SMILES string of the molecule is N#Cc1c(N)c(C#N)c(-c2ccc(Br)cc2)c2c1CCS2. The van der Waals surface area contributed by atoms with Gasteiger partial charge in [0.1, 0.15) is 12.1 Å². The summed E-state index contributed by atoms with van der Waals surface area (Å²) in [6.45, 7) is 0. The van der Waals surface area contributed by atoms with Crippen LogP contribution in [0.15, 0.2) is 33.6 Å². The van der Waals surface area contributed by atoms with E-state index >= 15 is 0 Å². The Morgan fingerprint density at radius 1 is 1.10 bits per heavy atom.